The van der Waals surface area contributed by atoms with Crippen molar-refractivity contribution in [2.24, 2.45) is 4.99 Å². The third kappa shape index (κ3) is 10.4. The van der Waals surface area contributed by atoms with Crippen molar-refractivity contribution in [3.05, 3.63) is 29.8 Å². The van der Waals surface area contributed by atoms with Gasteiger partial charge in [-0.05, 0) is 38.2 Å². The Bertz CT molecular complexity index is 548. The van der Waals surface area contributed by atoms with E-state index >= 15 is 0 Å². The molecule has 1 aliphatic rings. The first-order valence-corrected chi connectivity index (χ1v) is 9.78. The molecule has 7 nitrogen and oxygen atoms in total. The van der Waals surface area contributed by atoms with Crippen molar-refractivity contribution in [1.82, 2.24) is 20.4 Å². The zero-order valence-corrected chi connectivity index (χ0v) is 19.8. The van der Waals surface area contributed by atoms with Gasteiger partial charge in [-0.25, -0.2) is 0 Å². The Balaban J connectivity index is 0.00000392. The number of aliphatic imine (C=N–C) groups is 1. The van der Waals surface area contributed by atoms with Crippen LogP contribution in [0.5, 0.6) is 5.75 Å². The van der Waals surface area contributed by atoms with Crippen molar-refractivity contribution in [2.75, 3.05) is 73.7 Å². The van der Waals surface area contributed by atoms with Gasteiger partial charge in [-0.15, -0.1) is 24.0 Å². The van der Waals surface area contributed by atoms with Gasteiger partial charge in [0.05, 0.1) is 19.8 Å². The number of rotatable bonds is 10. The van der Waals surface area contributed by atoms with Crippen LogP contribution in [0.4, 0.5) is 0 Å². The van der Waals surface area contributed by atoms with E-state index in [-0.39, 0.29) is 24.0 Å². The van der Waals surface area contributed by atoms with Gasteiger partial charge in [0.15, 0.2) is 5.96 Å². The molecule has 1 fully saturated rings. The standard InChI is InChI=1S/C20H35N5O2.HI/c1-21-20(22-9-11-25-12-15-26-16-13-25)23-17-18-5-7-19(8-6-18)27-14-4-10-24(2)3;/h5-8H,4,9-17H2,1-3H3,(H2,21,22,23);1H. The lowest BCUT2D eigenvalue weighted by molar-refractivity contribution is 0.0389. The minimum Gasteiger partial charge on any atom is -0.494 e. The molecule has 0 aromatic heterocycles. The second kappa shape index (κ2) is 14.8. The van der Waals surface area contributed by atoms with E-state index in [0.29, 0.717) is 0 Å². The third-order valence-electron chi connectivity index (χ3n) is 4.45. The monoisotopic (exact) mass is 505 g/mol. The number of nitrogens with zero attached hydrogens (tertiary/aromatic N) is 3. The van der Waals surface area contributed by atoms with E-state index < -0.39 is 0 Å². The smallest absolute Gasteiger partial charge is 0.191 e. The van der Waals surface area contributed by atoms with Gasteiger partial charge in [-0.1, -0.05) is 12.1 Å². The van der Waals surface area contributed by atoms with Gasteiger partial charge in [0, 0.05) is 46.3 Å². The molecule has 0 amide bonds. The van der Waals surface area contributed by atoms with E-state index in [2.05, 4.69) is 51.7 Å². The van der Waals surface area contributed by atoms with Crippen LogP contribution in [-0.4, -0.2) is 89.4 Å². The Morgan fingerprint density at radius 2 is 1.89 bits per heavy atom. The van der Waals surface area contributed by atoms with Crippen molar-refractivity contribution < 1.29 is 9.47 Å². The van der Waals surface area contributed by atoms with E-state index in [0.717, 1.165) is 77.2 Å². The van der Waals surface area contributed by atoms with E-state index in [9.17, 15) is 0 Å². The Labute approximate surface area is 186 Å². The largest absolute Gasteiger partial charge is 0.494 e. The molecule has 0 aliphatic carbocycles. The highest BCUT2D eigenvalue weighted by Gasteiger charge is 2.09. The fourth-order valence-electron chi connectivity index (χ4n) is 2.84. The minimum absolute atomic E-state index is 0. The first kappa shape index (κ1) is 24.9. The van der Waals surface area contributed by atoms with Crippen LogP contribution in [0.15, 0.2) is 29.3 Å². The predicted octanol–water partition coefficient (Wildman–Crippen LogP) is 1.63. The zero-order chi connectivity index (χ0) is 19.3. The van der Waals surface area contributed by atoms with Crippen LogP contribution in [0.2, 0.25) is 0 Å². The Morgan fingerprint density at radius 3 is 2.54 bits per heavy atom. The number of ether oxygens (including phenoxy) is 2. The molecule has 0 bridgehead atoms. The first-order valence-electron chi connectivity index (χ1n) is 9.78. The molecule has 0 saturated carbocycles. The average Bonchev–Trinajstić information content (AvgIpc) is 2.69. The normalized spacial score (nSPS) is 15.2. The molecule has 2 rings (SSSR count). The van der Waals surface area contributed by atoms with Crippen molar-refractivity contribution in [3.63, 3.8) is 0 Å². The summed E-state index contributed by atoms with van der Waals surface area (Å²) in [6.45, 7) is 8.09. The number of morpholine rings is 1. The topological polar surface area (TPSA) is 61.4 Å². The van der Waals surface area contributed by atoms with Crippen LogP contribution in [-0.2, 0) is 11.3 Å². The molecule has 0 atom stereocenters. The van der Waals surface area contributed by atoms with E-state index in [1.807, 2.05) is 12.1 Å². The highest BCUT2D eigenvalue weighted by Crippen LogP contribution is 2.12. The summed E-state index contributed by atoms with van der Waals surface area (Å²) >= 11 is 0. The summed E-state index contributed by atoms with van der Waals surface area (Å²) in [6.07, 6.45) is 1.03. The van der Waals surface area contributed by atoms with Crippen molar-refractivity contribution in [3.8, 4) is 5.75 Å². The van der Waals surface area contributed by atoms with Crippen LogP contribution in [0.1, 0.15) is 12.0 Å². The minimum atomic E-state index is 0. The molecule has 1 saturated heterocycles. The van der Waals surface area contributed by atoms with Crippen molar-refractivity contribution >= 4 is 29.9 Å². The lowest BCUT2D eigenvalue weighted by Gasteiger charge is -2.26. The van der Waals surface area contributed by atoms with Gasteiger partial charge in [0.2, 0.25) is 0 Å². The summed E-state index contributed by atoms with van der Waals surface area (Å²) in [5.41, 5.74) is 1.20. The van der Waals surface area contributed by atoms with Crippen LogP contribution in [0, 0.1) is 0 Å². The lowest BCUT2D eigenvalue weighted by Crippen LogP contribution is -2.44. The van der Waals surface area contributed by atoms with Gasteiger partial charge in [-0.3, -0.25) is 9.89 Å². The van der Waals surface area contributed by atoms with Crippen LogP contribution in [0.25, 0.3) is 0 Å². The van der Waals surface area contributed by atoms with Crippen molar-refractivity contribution in [2.45, 2.75) is 13.0 Å². The summed E-state index contributed by atoms with van der Waals surface area (Å²) < 4.78 is 11.1. The fraction of sp³-hybridized carbons (Fsp3) is 0.650. The quantitative estimate of drug-likeness (QED) is 0.218. The molecule has 1 heterocycles. The number of hydrogen-bond donors (Lipinski definition) is 2. The summed E-state index contributed by atoms with van der Waals surface area (Å²) in [6, 6.07) is 8.24. The number of nitrogens with one attached hydrogen (secondary N) is 2. The van der Waals surface area contributed by atoms with Gasteiger partial charge in [0.25, 0.3) is 0 Å². The summed E-state index contributed by atoms with van der Waals surface area (Å²) in [4.78, 5) is 8.86. The molecule has 0 radical (unpaired) electrons. The molecular formula is C20H36IN5O2. The maximum atomic E-state index is 5.77. The first-order chi connectivity index (χ1) is 13.2. The molecule has 8 heteroatoms. The van der Waals surface area contributed by atoms with E-state index in [4.69, 9.17) is 9.47 Å². The Kier molecular flexibility index (Phi) is 13.2. The Morgan fingerprint density at radius 1 is 1.18 bits per heavy atom. The van der Waals surface area contributed by atoms with Gasteiger partial charge < -0.3 is 25.0 Å². The summed E-state index contributed by atoms with van der Waals surface area (Å²) in [7, 11) is 5.95. The number of halogens is 1. The van der Waals surface area contributed by atoms with E-state index in [1.165, 1.54) is 5.56 Å². The van der Waals surface area contributed by atoms with Crippen molar-refractivity contribution in [1.29, 1.82) is 0 Å². The number of benzene rings is 1. The zero-order valence-electron chi connectivity index (χ0n) is 17.4. The van der Waals surface area contributed by atoms with Gasteiger partial charge >= 0.3 is 0 Å². The predicted molar refractivity (Wildman–Crippen MR) is 126 cm³/mol. The molecule has 28 heavy (non-hydrogen) atoms. The third-order valence-corrected chi connectivity index (χ3v) is 4.45. The van der Waals surface area contributed by atoms with E-state index in [1.54, 1.807) is 7.05 Å². The molecule has 2 N–H and O–H groups in total. The SMILES string of the molecule is CN=C(NCCN1CCOCC1)NCc1ccc(OCCCN(C)C)cc1.I. The molecule has 160 valence electrons. The fourth-order valence-corrected chi connectivity index (χ4v) is 2.84. The lowest BCUT2D eigenvalue weighted by atomic mass is 10.2. The molecule has 1 aliphatic heterocycles. The molecular weight excluding hydrogens is 469 g/mol. The highest BCUT2D eigenvalue weighted by atomic mass is 127. The molecule has 0 unspecified atom stereocenters. The van der Waals surface area contributed by atoms with Crippen LogP contribution in [0.3, 0.4) is 0 Å². The maximum absolute atomic E-state index is 5.77. The Hall–Kier alpha value is -1.10. The second-order valence-corrected chi connectivity index (χ2v) is 6.96. The molecule has 1 aromatic carbocycles. The van der Waals surface area contributed by atoms with Gasteiger partial charge in [-0.2, -0.15) is 0 Å². The summed E-state index contributed by atoms with van der Waals surface area (Å²) in [5.74, 6) is 1.75. The molecule has 1 aromatic rings. The second-order valence-electron chi connectivity index (χ2n) is 6.96. The number of hydrogen-bond acceptors (Lipinski definition) is 5. The highest BCUT2D eigenvalue weighted by molar-refractivity contribution is 14.0. The van der Waals surface area contributed by atoms with Gasteiger partial charge in [0.1, 0.15) is 5.75 Å². The van der Waals surface area contributed by atoms with Crippen LogP contribution >= 0.6 is 24.0 Å². The maximum Gasteiger partial charge on any atom is 0.191 e. The van der Waals surface area contributed by atoms with Crippen LogP contribution < -0.4 is 15.4 Å². The average molecular weight is 505 g/mol. The summed E-state index contributed by atoms with van der Waals surface area (Å²) in [5, 5.41) is 6.73. The number of guanidine groups is 1. The molecule has 0 spiro atoms.